The maximum atomic E-state index is 12.7. The van der Waals surface area contributed by atoms with Gasteiger partial charge in [-0.3, -0.25) is 4.79 Å². The van der Waals surface area contributed by atoms with E-state index in [1.165, 1.54) is 34.2 Å². The van der Waals surface area contributed by atoms with Crippen LogP contribution in [0.1, 0.15) is 102 Å². The quantitative estimate of drug-likeness (QED) is 0.0690. The second-order valence-corrected chi connectivity index (χ2v) is 14.1. The number of unbranched alkanes of at least 4 members (excludes halogenated alkanes) is 1. The van der Waals surface area contributed by atoms with E-state index < -0.39 is 10.8 Å². The predicted octanol–water partition coefficient (Wildman–Crippen LogP) is 10.6. The monoisotopic (exact) mass is 662 g/mol. The minimum atomic E-state index is -0.518. The lowest BCUT2D eigenvalue weighted by Crippen LogP contribution is -2.30. The number of esters is 1. The molecule has 1 aliphatic carbocycles. The molecular formula is C44H54O5. The Morgan fingerprint density at radius 2 is 1.12 bits per heavy atom. The highest BCUT2D eigenvalue weighted by Gasteiger charge is 2.45. The van der Waals surface area contributed by atoms with Crippen LogP contribution in [0.3, 0.4) is 0 Å². The average Bonchev–Trinajstić information content (AvgIpc) is 3.42. The molecule has 0 saturated heterocycles. The van der Waals surface area contributed by atoms with E-state index in [9.17, 15) is 4.79 Å². The van der Waals surface area contributed by atoms with Gasteiger partial charge >= 0.3 is 5.97 Å². The zero-order valence-corrected chi connectivity index (χ0v) is 30.3. The molecule has 0 fully saturated rings. The van der Waals surface area contributed by atoms with Crippen molar-refractivity contribution in [2.45, 2.75) is 91.1 Å². The summed E-state index contributed by atoms with van der Waals surface area (Å²) in [6.45, 7) is 14.2. The van der Waals surface area contributed by atoms with Crippen LogP contribution in [0.2, 0.25) is 0 Å². The first-order valence-electron chi connectivity index (χ1n) is 18.2. The minimum Gasteiger partial charge on any atom is -0.491 e. The summed E-state index contributed by atoms with van der Waals surface area (Å²) in [5.74, 6) is 1.42. The largest absolute Gasteiger partial charge is 0.491 e. The molecule has 0 aromatic heterocycles. The Labute approximate surface area is 294 Å². The van der Waals surface area contributed by atoms with Gasteiger partial charge in [-0.05, 0) is 97.7 Å². The van der Waals surface area contributed by atoms with Gasteiger partial charge in [0, 0.05) is 0 Å². The topological polar surface area (TPSA) is 54.0 Å². The summed E-state index contributed by atoms with van der Waals surface area (Å²) in [7, 11) is 0. The van der Waals surface area contributed by atoms with E-state index in [2.05, 4.69) is 113 Å². The fourth-order valence-corrected chi connectivity index (χ4v) is 7.22. The lowest BCUT2D eigenvalue weighted by atomic mass is 9.68. The average molecular weight is 663 g/mol. The minimum absolute atomic E-state index is 0.142. The van der Waals surface area contributed by atoms with Crippen molar-refractivity contribution in [2.24, 2.45) is 5.41 Å². The first-order chi connectivity index (χ1) is 23.7. The summed E-state index contributed by atoms with van der Waals surface area (Å²) in [4.78, 5) is 12.7. The van der Waals surface area contributed by atoms with E-state index in [0.29, 0.717) is 19.8 Å². The number of rotatable bonds is 18. The fourth-order valence-electron chi connectivity index (χ4n) is 7.22. The van der Waals surface area contributed by atoms with Gasteiger partial charge in [0.25, 0.3) is 0 Å². The number of hydrogen-bond donors (Lipinski definition) is 0. The molecular weight excluding hydrogens is 608 g/mol. The summed E-state index contributed by atoms with van der Waals surface area (Å²) in [6, 6.07) is 34.3. The summed E-state index contributed by atoms with van der Waals surface area (Å²) in [5, 5.41) is 0. The predicted molar refractivity (Wildman–Crippen MR) is 199 cm³/mol. The molecule has 1 atom stereocenters. The zero-order chi connectivity index (χ0) is 34.9. The molecule has 5 rings (SSSR count). The molecule has 4 aromatic rings. The van der Waals surface area contributed by atoms with Crippen LogP contribution in [0, 0.1) is 5.41 Å². The third-order valence-electron chi connectivity index (χ3n) is 10.2. The molecule has 5 heteroatoms. The van der Waals surface area contributed by atoms with Crippen molar-refractivity contribution < 1.29 is 23.7 Å². The van der Waals surface area contributed by atoms with E-state index in [1.54, 1.807) is 0 Å². The van der Waals surface area contributed by atoms with E-state index in [1.807, 2.05) is 26.0 Å². The molecule has 1 unspecified atom stereocenters. The smallest absolute Gasteiger partial charge is 0.311 e. The second kappa shape index (κ2) is 16.1. The molecule has 0 bridgehead atoms. The highest BCUT2D eigenvalue weighted by molar-refractivity contribution is 5.86. The molecule has 0 N–H and O–H groups in total. The van der Waals surface area contributed by atoms with Crippen LogP contribution >= 0.6 is 0 Å². The number of ether oxygens (including phenoxy) is 4. The lowest BCUT2D eigenvalue weighted by molar-refractivity contribution is -0.156. The van der Waals surface area contributed by atoms with Gasteiger partial charge in [0.1, 0.15) is 31.3 Å². The zero-order valence-electron chi connectivity index (χ0n) is 30.3. The van der Waals surface area contributed by atoms with Crippen LogP contribution in [0.4, 0.5) is 0 Å². The molecule has 5 nitrogen and oxygen atoms in total. The third kappa shape index (κ3) is 7.88. The highest BCUT2D eigenvalue weighted by Crippen LogP contribution is 2.56. The molecule has 0 aliphatic heterocycles. The molecule has 0 heterocycles. The van der Waals surface area contributed by atoms with Crippen molar-refractivity contribution in [3.05, 3.63) is 119 Å². The van der Waals surface area contributed by atoms with Crippen LogP contribution in [0.25, 0.3) is 11.1 Å². The molecule has 0 amide bonds. The van der Waals surface area contributed by atoms with Crippen LogP contribution in [-0.4, -0.2) is 38.0 Å². The molecule has 0 spiro atoms. The van der Waals surface area contributed by atoms with Crippen molar-refractivity contribution in [3.63, 3.8) is 0 Å². The van der Waals surface area contributed by atoms with Crippen LogP contribution in [0.5, 0.6) is 11.5 Å². The Morgan fingerprint density at radius 1 is 0.612 bits per heavy atom. The summed E-state index contributed by atoms with van der Waals surface area (Å²) in [5.41, 5.74) is 6.20. The number of carbonyl (C=O) groups excluding carboxylic acids is 1. The van der Waals surface area contributed by atoms with Gasteiger partial charge in [-0.25, -0.2) is 0 Å². The summed E-state index contributed by atoms with van der Waals surface area (Å²) < 4.78 is 23.9. The van der Waals surface area contributed by atoms with Gasteiger partial charge in [-0.15, -0.1) is 0 Å². The number of carbonyl (C=O) groups is 1. The molecule has 0 saturated carbocycles. The van der Waals surface area contributed by atoms with Crippen LogP contribution < -0.4 is 9.47 Å². The first kappa shape index (κ1) is 36.2. The summed E-state index contributed by atoms with van der Waals surface area (Å²) in [6.07, 6.45) is 5.90. The van der Waals surface area contributed by atoms with Crippen molar-refractivity contribution >= 4 is 5.97 Å². The molecule has 0 radical (unpaired) electrons. The highest BCUT2D eigenvalue weighted by atomic mass is 16.6. The maximum Gasteiger partial charge on any atom is 0.311 e. The van der Waals surface area contributed by atoms with Crippen molar-refractivity contribution in [2.75, 3.05) is 26.4 Å². The van der Waals surface area contributed by atoms with Gasteiger partial charge in [-0.2, -0.15) is 0 Å². The van der Waals surface area contributed by atoms with E-state index >= 15 is 0 Å². The molecule has 1 aliphatic rings. The van der Waals surface area contributed by atoms with Crippen molar-refractivity contribution in [1.29, 1.82) is 0 Å². The van der Waals surface area contributed by atoms with Gasteiger partial charge in [0.15, 0.2) is 0 Å². The second-order valence-electron chi connectivity index (χ2n) is 14.1. The van der Waals surface area contributed by atoms with E-state index in [0.717, 1.165) is 49.2 Å². The van der Waals surface area contributed by atoms with Crippen LogP contribution in [-0.2, 0) is 19.7 Å². The Bertz CT molecular complexity index is 1610. The maximum absolute atomic E-state index is 12.7. The fraction of sp³-hybridized carbons (Fsp3) is 0.432. The van der Waals surface area contributed by atoms with E-state index in [-0.39, 0.29) is 18.2 Å². The Hall–Kier alpha value is -4.09. The van der Waals surface area contributed by atoms with Gasteiger partial charge in [-0.1, -0.05) is 113 Å². The first-order valence-corrected chi connectivity index (χ1v) is 18.2. The van der Waals surface area contributed by atoms with Gasteiger partial charge in [0.05, 0.1) is 23.0 Å². The molecule has 4 aromatic carbocycles. The lowest BCUT2D eigenvalue weighted by Gasteiger charge is -2.34. The Balaban J connectivity index is 1.36. The SMILES string of the molecule is CCCCC(C)(C)OCCOc1ccc(C2(c3ccc(OCCOC(=O)C(C)(CC)CCC)cc3)c3ccccc3-c3ccccc32)cc1. The van der Waals surface area contributed by atoms with Crippen LogP contribution in [0.15, 0.2) is 97.1 Å². The van der Waals surface area contributed by atoms with Gasteiger partial charge in [0.2, 0.25) is 0 Å². The number of fused-ring (bicyclic) bond motifs is 3. The summed E-state index contributed by atoms with van der Waals surface area (Å²) >= 11 is 0. The Kier molecular flexibility index (Phi) is 11.9. The number of benzene rings is 4. The van der Waals surface area contributed by atoms with Crippen molar-refractivity contribution in [1.82, 2.24) is 0 Å². The molecule has 260 valence electrons. The Morgan fingerprint density at radius 3 is 1.61 bits per heavy atom. The number of hydrogen-bond acceptors (Lipinski definition) is 5. The van der Waals surface area contributed by atoms with Gasteiger partial charge < -0.3 is 18.9 Å². The molecule has 49 heavy (non-hydrogen) atoms. The normalized spacial score (nSPS) is 14.4. The standard InChI is InChI=1S/C44H54O5/c1-7-10-28-42(4,5)49-32-31-47-36-25-21-34(22-26-36)44(39-17-13-11-15-37(39)38-16-12-14-18-40(38)44)33-19-23-35(24-20-33)46-29-30-48-41(45)43(6,9-3)27-8-2/h11-26H,7-10,27-32H2,1-6H3. The van der Waals surface area contributed by atoms with E-state index in [4.69, 9.17) is 18.9 Å². The third-order valence-corrected chi connectivity index (χ3v) is 10.2. The van der Waals surface area contributed by atoms with Crippen molar-refractivity contribution in [3.8, 4) is 22.6 Å².